The van der Waals surface area contributed by atoms with Gasteiger partial charge in [0.05, 0.1) is 4.90 Å². The highest BCUT2D eigenvalue weighted by atomic mass is 32.2. The van der Waals surface area contributed by atoms with E-state index >= 15 is 0 Å². The molecule has 0 heterocycles. The number of carbonyl (C=O) groups is 1. The average molecular weight is 360 g/mol. The summed E-state index contributed by atoms with van der Waals surface area (Å²) in [5.41, 5.74) is 5.43. The molecule has 0 atom stereocenters. The molecule has 10 heteroatoms. The number of nitrogens with one attached hydrogen (secondary N) is 1. The van der Waals surface area contributed by atoms with Gasteiger partial charge in [-0.2, -0.15) is 0 Å². The highest BCUT2D eigenvalue weighted by Crippen LogP contribution is 2.24. The molecule has 0 unspecified atom stereocenters. The van der Waals surface area contributed by atoms with Crippen molar-refractivity contribution in [2.45, 2.75) is 11.3 Å². The van der Waals surface area contributed by atoms with Crippen LogP contribution in [0.25, 0.3) is 0 Å². The molecule has 1 amide bonds. The van der Waals surface area contributed by atoms with E-state index in [9.17, 15) is 26.4 Å². The molecule has 0 aliphatic rings. The van der Waals surface area contributed by atoms with E-state index in [1.165, 1.54) is 24.3 Å². The zero-order chi connectivity index (χ0) is 18.0. The summed E-state index contributed by atoms with van der Waals surface area (Å²) in [6.07, 6.45) is -4.86. The lowest BCUT2D eigenvalue weighted by Gasteiger charge is -2.11. The lowest BCUT2D eigenvalue weighted by Crippen LogP contribution is -2.17. The third kappa shape index (κ3) is 4.62. The van der Waals surface area contributed by atoms with Gasteiger partial charge in [0.15, 0.2) is 0 Å². The third-order valence-corrected chi connectivity index (χ3v) is 4.19. The van der Waals surface area contributed by atoms with E-state index in [4.69, 9.17) is 5.73 Å². The fourth-order valence-electron chi connectivity index (χ4n) is 1.74. The Kier molecular flexibility index (Phi) is 4.69. The Morgan fingerprint density at radius 3 is 2.00 bits per heavy atom. The number of rotatable bonds is 5. The summed E-state index contributed by atoms with van der Waals surface area (Å²) >= 11 is 0. The SMILES string of the molecule is NC(=O)c1ccc(NS(=O)(=O)c2ccc(OC(F)(F)F)cc2)cc1. The van der Waals surface area contributed by atoms with Crippen molar-refractivity contribution >= 4 is 21.6 Å². The quantitative estimate of drug-likeness (QED) is 0.856. The van der Waals surface area contributed by atoms with E-state index in [0.717, 1.165) is 24.3 Å². The normalized spacial score (nSPS) is 11.8. The van der Waals surface area contributed by atoms with E-state index in [0.29, 0.717) is 0 Å². The van der Waals surface area contributed by atoms with Gasteiger partial charge in [-0.15, -0.1) is 13.2 Å². The van der Waals surface area contributed by atoms with Crippen LogP contribution >= 0.6 is 0 Å². The van der Waals surface area contributed by atoms with Crippen LogP contribution in [0, 0.1) is 0 Å². The Labute approximate surface area is 135 Å². The largest absolute Gasteiger partial charge is 0.573 e. The number of halogens is 3. The first-order chi connectivity index (χ1) is 11.1. The average Bonchev–Trinajstić information content (AvgIpc) is 2.46. The van der Waals surface area contributed by atoms with Crippen molar-refractivity contribution < 1.29 is 31.1 Å². The van der Waals surface area contributed by atoms with E-state index in [1.807, 2.05) is 0 Å². The summed E-state index contributed by atoms with van der Waals surface area (Å²) in [4.78, 5) is 10.7. The van der Waals surface area contributed by atoms with Crippen molar-refractivity contribution in [1.29, 1.82) is 0 Å². The lowest BCUT2D eigenvalue weighted by atomic mass is 10.2. The molecule has 6 nitrogen and oxygen atoms in total. The van der Waals surface area contributed by atoms with E-state index in [2.05, 4.69) is 9.46 Å². The van der Waals surface area contributed by atoms with Crippen molar-refractivity contribution in [3.05, 3.63) is 54.1 Å². The summed E-state index contributed by atoms with van der Waals surface area (Å²) < 4.78 is 66.4. The molecule has 0 saturated heterocycles. The molecule has 0 spiro atoms. The second-order valence-corrected chi connectivity index (χ2v) is 6.25. The van der Waals surface area contributed by atoms with Crippen molar-refractivity contribution in [2.75, 3.05) is 4.72 Å². The molecule has 24 heavy (non-hydrogen) atoms. The van der Waals surface area contributed by atoms with Crippen molar-refractivity contribution in [3.63, 3.8) is 0 Å². The van der Waals surface area contributed by atoms with Crippen LogP contribution in [0.1, 0.15) is 10.4 Å². The lowest BCUT2D eigenvalue weighted by molar-refractivity contribution is -0.274. The van der Waals surface area contributed by atoms with Crippen LogP contribution in [0.3, 0.4) is 0 Å². The molecule has 2 aromatic rings. The first kappa shape index (κ1) is 17.6. The highest BCUT2D eigenvalue weighted by Gasteiger charge is 2.31. The van der Waals surface area contributed by atoms with Crippen LogP contribution in [-0.2, 0) is 10.0 Å². The van der Waals surface area contributed by atoms with Crippen LogP contribution < -0.4 is 15.2 Å². The molecule has 0 aromatic heterocycles. The zero-order valence-corrected chi connectivity index (χ0v) is 12.7. The van der Waals surface area contributed by atoms with Crippen LogP contribution in [-0.4, -0.2) is 20.7 Å². The minimum Gasteiger partial charge on any atom is -0.406 e. The molecular formula is C14H11F3N2O4S. The number of hydrogen-bond donors (Lipinski definition) is 2. The van der Waals surface area contributed by atoms with Crippen LogP contribution in [0.5, 0.6) is 5.75 Å². The van der Waals surface area contributed by atoms with Gasteiger partial charge < -0.3 is 10.5 Å². The van der Waals surface area contributed by atoms with E-state index in [1.54, 1.807) is 0 Å². The Morgan fingerprint density at radius 1 is 1.00 bits per heavy atom. The second-order valence-electron chi connectivity index (χ2n) is 4.57. The van der Waals surface area contributed by atoms with Gasteiger partial charge in [0.2, 0.25) is 5.91 Å². The monoisotopic (exact) mass is 360 g/mol. The Morgan fingerprint density at radius 2 is 1.54 bits per heavy atom. The molecule has 2 aromatic carbocycles. The maximum Gasteiger partial charge on any atom is 0.573 e. The van der Waals surface area contributed by atoms with Crippen LogP contribution in [0.4, 0.5) is 18.9 Å². The standard InChI is InChI=1S/C14H11F3N2O4S/c15-14(16,17)23-11-5-7-12(8-6-11)24(21,22)19-10-3-1-9(2-4-10)13(18)20/h1-8,19H,(H2,18,20). The molecule has 0 aliphatic carbocycles. The summed E-state index contributed by atoms with van der Waals surface area (Å²) in [5.74, 6) is -1.20. The van der Waals surface area contributed by atoms with Gasteiger partial charge in [0.1, 0.15) is 5.75 Å². The summed E-state index contributed by atoms with van der Waals surface area (Å²) in [6.45, 7) is 0. The molecule has 128 valence electrons. The fourth-order valence-corrected chi connectivity index (χ4v) is 2.80. The van der Waals surface area contributed by atoms with Gasteiger partial charge in [-0.1, -0.05) is 0 Å². The molecule has 0 radical (unpaired) electrons. The number of benzene rings is 2. The van der Waals surface area contributed by atoms with E-state index in [-0.39, 0.29) is 16.1 Å². The van der Waals surface area contributed by atoms with Crippen LogP contribution in [0.2, 0.25) is 0 Å². The number of carbonyl (C=O) groups excluding carboxylic acids is 1. The molecular weight excluding hydrogens is 349 g/mol. The molecule has 0 saturated carbocycles. The Hall–Kier alpha value is -2.75. The highest BCUT2D eigenvalue weighted by molar-refractivity contribution is 7.92. The topological polar surface area (TPSA) is 98.5 Å². The van der Waals surface area contributed by atoms with Crippen molar-refractivity contribution in [1.82, 2.24) is 0 Å². The van der Waals surface area contributed by atoms with Crippen molar-refractivity contribution in [2.24, 2.45) is 5.73 Å². The predicted molar refractivity (Wildman–Crippen MR) is 78.9 cm³/mol. The molecule has 0 fully saturated rings. The van der Waals surface area contributed by atoms with Gasteiger partial charge in [-0.3, -0.25) is 9.52 Å². The van der Waals surface area contributed by atoms with Crippen molar-refractivity contribution in [3.8, 4) is 5.75 Å². The number of nitrogens with two attached hydrogens (primary N) is 1. The fraction of sp³-hybridized carbons (Fsp3) is 0.0714. The number of amides is 1. The number of ether oxygens (including phenoxy) is 1. The number of primary amides is 1. The molecule has 3 N–H and O–H groups in total. The summed E-state index contributed by atoms with van der Waals surface area (Å²) in [7, 11) is -4.01. The Bertz CT molecular complexity index is 832. The number of hydrogen-bond acceptors (Lipinski definition) is 4. The zero-order valence-electron chi connectivity index (χ0n) is 11.9. The predicted octanol–water partition coefficient (Wildman–Crippen LogP) is 2.48. The van der Waals surface area contributed by atoms with Gasteiger partial charge in [-0.25, -0.2) is 8.42 Å². The maximum absolute atomic E-state index is 12.2. The number of sulfonamides is 1. The van der Waals surface area contributed by atoms with Gasteiger partial charge in [0, 0.05) is 11.3 Å². The first-order valence-corrected chi connectivity index (χ1v) is 7.84. The third-order valence-electron chi connectivity index (χ3n) is 2.79. The van der Waals surface area contributed by atoms with Gasteiger partial charge in [0.25, 0.3) is 10.0 Å². The molecule has 0 aliphatic heterocycles. The van der Waals surface area contributed by atoms with Crippen LogP contribution in [0.15, 0.2) is 53.4 Å². The maximum atomic E-state index is 12.2. The summed E-state index contributed by atoms with van der Waals surface area (Å²) in [5, 5.41) is 0. The number of alkyl halides is 3. The smallest absolute Gasteiger partial charge is 0.406 e. The van der Waals surface area contributed by atoms with Gasteiger partial charge >= 0.3 is 6.36 Å². The van der Waals surface area contributed by atoms with Gasteiger partial charge in [-0.05, 0) is 48.5 Å². The molecule has 0 bridgehead atoms. The molecule has 2 rings (SSSR count). The first-order valence-electron chi connectivity index (χ1n) is 6.35. The number of anilines is 1. The Balaban J connectivity index is 2.16. The van der Waals surface area contributed by atoms with E-state index < -0.39 is 28.0 Å². The second kappa shape index (κ2) is 6.40. The minimum atomic E-state index is -4.86. The summed E-state index contributed by atoms with van der Waals surface area (Å²) in [6, 6.07) is 9.05. The minimum absolute atomic E-state index is 0.163.